The lowest BCUT2D eigenvalue weighted by Crippen LogP contribution is -2.55. The molecular formula is C19H21NO6S. The van der Waals surface area contributed by atoms with Crippen molar-refractivity contribution in [2.75, 3.05) is 12.9 Å². The van der Waals surface area contributed by atoms with Gasteiger partial charge in [0.25, 0.3) is 5.91 Å². The number of sulfone groups is 1. The smallest absolute Gasteiger partial charge is 0.329 e. The van der Waals surface area contributed by atoms with Crippen molar-refractivity contribution in [2.45, 2.75) is 23.8 Å². The number of benzene rings is 2. The van der Waals surface area contributed by atoms with Crippen molar-refractivity contribution in [3.05, 3.63) is 60.2 Å². The predicted molar refractivity (Wildman–Crippen MR) is 99.4 cm³/mol. The second kappa shape index (κ2) is 8.22. The topological polar surface area (TPSA) is 110 Å². The Bertz CT molecular complexity index is 926. The molecule has 2 aromatic rings. The van der Waals surface area contributed by atoms with Crippen LogP contribution in [0.1, 0.15) is 12.5 Å². The summed E-state index contributed by atoms with van der Waals surface area (Å²) < 4.78 is 28.4. The standard InChI is InChI=1S/C19H21NO6S/c1-19(18(22)23,12-14-7-4-3-5-8-14)20-17(21)13-26-15-9-6-10-16(11-15)27(2,24)25/h3-11H,12-13H2,1-2H3,(H,20,21)(H,22,23). The molecule has 0 spiro atoms. The van der Waals surface area contributed by atoms with Gasteiger partial charge in [-0.25, -0.2) is 13.2 Å². The van der Waals surface area contributed by atoms with Gasteiger partial charge in [0.1, 0.15) is 11.3 Å². The highest BCUT2D eigenvalue weighted by molar-refractivity contribution is 7.90. The molecule has 0 aliphatic heterocycles. The summed E-state index contributed by atoms with van der Waals surface area (Å²) >= 11 is 0. The van der Waals surface area contributed by atoms with Gasteiger partial charge in [0, 0.05) is 12.7 Å². The molecule has 2 N–H and O–H groups in total. The lowest BCUT2D eigenvalue weighted by molar-refractivity contribution is -0.147. The maximum Gasteiger partial charge on any atom is 0.329 e. The monoisotopic (exact) mass is 391 g/mol. The highest BCUT2D eigenvalue weighted by Gasteiger charge is 2.35. The van der Waals surface area contributed by atoms with Crippen LogP contribution >= 0.6 is 0 Å². The summed E-state index contributed by atoms with van der Waals surface area (Å²) in [5, 5.41) is 12.0. The van der Waals surface area contributed by atoms with Gasteiger partial charge in [0.05, 0.1) is 4.90 Å². The van der Waals surface area contributed by atoms with Gasteiger partial charge in [-0.05, 0) is 30.7 Å². The summed E-state index contributed by atoms with van der Waals surface area (Å²) in [6.07, 6.45) is 1.18. The fourth-order valence-electron chi connectivity index (χ4n) is 2.46. The minimum absolute atomic E-state index is 0.0693. The van der Waals surface area contributed by atoms with E-state index >= 15 is 0 Å². The van der Waals surface area contributed by atoms with Gasteiger partial charge in [-0.3, -0.25) is 4.79 Å². The summed E-state index contributed by atoms with van der Waals surface area (Å²) in [4.78, 5) is 23.9. The van der Waals surface area contributed by atoms with Crippen LogP contribution in [0.15, 0.2) is 59.5 Å². The Morgan fingerprint density at radius 3 is 2.37 bits per heavy atom. The van der Waals surface area contributed by atoms with E-state index in [-0.39, 0.29) is 17.1 Å². The van der Waals surface area contributed by atoms with Gasteiger partial charge in [-0.2, -0.15) is 0 Å². The zero-order valence-electron chi connectivity index (χ0n) is 15.0. The van der Waals surface area contributed by atoms with Crippen LogP contribution in [-0.4, -0.2) is 43.8 Å². The molecule has 1 atom stereocenters. The fourth-order valence-corrected chi connectivity index (χ4v) is 3.12. The zero-order chi connectivity index (χ0) is 20.1. The summed E-state index contributed by atoms with van der Waals surface area (Å²) in [6.45, 7) is 0.982. The molecule has 0 saturated carbocycles. The lowest BCUT2D eigenvalue weighted by atomic mass is 9.93. The van der Waals surface area contributed by atoms with Crippen LogP contribution in [-0.2, 0) is 25.8 Å². The number of nitrogens with one attached hydrogen (secondary N) is 1. The molecule has 27 heavy (non-hydrogen) atoms. The second-order valence-corrected chi connectivity index (χ2v) is 8.40. The summed E-state index contributed by atoms with van der Waals surface area (Å²) in [6, 6.07) is 14.7. The van der Waals surface area contributed by atoms with Crippen molar-refractivity contribution in [3.8, 4) is 5.75 Å². The van der Waals surface area contributed by atoms with Crippen LogP contribution < -0.4 is 10.1 Å². The van der Waals surface area contributed by atoms with Gasteiger partial charge in [0.2, 0.25) is 0 Å². The Morgan fingerprint density at radius 2 is 1.78 bits per heavy atom. The van der Waals surface area contributed by atoms with Gasteiger partial charge < -0.3 is 15.2 Å². The second-order valence-electron chi connectivity index (χ2n) is 6.38. The average molecular weight is 391 g/mol. The third-order valence-corrected chi connectivity index (χ3v) is 5.00. The number of carboxylic acids is 1. The van der Waals surface area contributed by atoms with Crippen LogP contribution in [0.25, 0.3) is 0 Å². The molecule has 8 heteroatoms. The van der Waals surface area contributed by atoms with Gasteiger partial charge >= 0.3 is 5.97 Å². The number of rotatable bonds is 8. The van der Waals surface area contributed by atoms with Gasteiger partial charge in [-0.15, -0.1) is 0 Å². The van der Waals surface area contributed by atoms with Crippen molar-refractivity contribution in [1.29, 1.82) is 0 Å². The van der Waals surface area contributed by atoms with E-state index in [9.17, 15) is 23.1 Å². The van der Waals surface area contributed by atoms with Crippen molar-refractivity contribution in [1.82, 2.24) is 5.32 Å². The quantitative estimate of drug-likeness (QED) is 0.708. The first kappa shape index (κ1) is 20.4. The van der Waals surface area contributed by atoms with E-state index in [0.717, 1.165) is 11.8 Å². The molecule has 0 aromatic heterocycles. The van der Waals surface area contributed by atoms with Crippen molar-refractivity contribution in [3.63, 3.8) is 0 Å². The van der Waals surface area contributed by atoms with Crippen LogP contribution in [0.3, 0.4) is 0 Å². The van der Waals surface area contributed by atoms with E-state index < -0.39 is 33.9 Å². The van der Waals surface area contributed by atoms with Crippen LogP contribution in [0.4, 0.5) is 0 Å². The highest BCUT2D eigenvalue weighted by atomic mass is 32.2. The number of carboxylic acid groups (broad SMARTS) is 1. The van der Waals surface area contributed by atoms with E-state index in [1.807, 2.05) is 6.07 Å². The molecule has 1 unspecified atom stereocenters. The van der Waals surface area contributed by atoms with E-state index in [1.165, 1.54) is 31.2 Å². The highest BCUT2D eigenvalue weighted by Crippen LogP contribution is 2.18. The molecule has 1 amide bonds. The summed E-state index contributed by atoms with van der Waals surface area (Å²) in [5.41, 5.74) is -0.736. The average Bonchev–Trinajstić information content (AvgIpc) is 2.60. The van der Waals surface area contributed by atoms with Gasteiger partial charge in [-0.1, -0.05) is 36.4 Å². The Labute approximate surface area is 157 Å². The first-order chi connectivity index (χ1) is 12.6. The predicted octanol–water partition coefficient (Wildman–Crippen LogP) is 1.67. The lowest BCUT2D eigenvalue weighted by Gasteiger charge is -2.26. The Balaban J connectivity index is 2.03. The number of aliphatic carboxylic acids is 1. The molecule has 0 saturated heterocycles. The third-order valence-electron chi connectivity index (χ3n) is 3.89. The number of carbonyl (C=O) groups is 2. The molecule has 0 bridgehead atoms. The SMILES string of the molecule is CC(Cc1ccccc1)(NC(=O)COc1cccc(S(C)(=O)=O)c1)C(=O)O. The molecular weight excluding hydrogens is 370 g/mol. The molecule has 144 valence electrons. The summed E-state index contributed by atoms with van der Waals surface area (Å²) in [7, 11) is -3.40. The van der Waals surface area contributed by atoms with E-state index in [0.29, 0.717) is 0 Å². The molecule has 0 heterocycles. The molecule has 2 aromatic carbocycles. The minimum atomic E-state index is -3.40. The van der Waals surface area contributed by atoms with Crippen molar-refractivity contribution in [2.24, 2.45) is 0 Å². The van der Waals surface area contributed by atoms with E-state index in [2.05, 4.69) is 5.32 Å². The van der Waals surface area contributed by atoms with Crippen molar-refractivity contribution < 1.29 is 27.9 Å². The maximum atomic E-state index is 12.2. The zero-order valence-corrected chi connectivity index (χ0v) is 15.8. The number of hydrogen-bond acceptors (Lipinski definition) is 5. The molecule has 0 aliphatic rings. The molecule has 7 nitrogen and oxygen atoms in total. The molecule has 0 radical (unpaired) electrons. The summed E-state index contributed by atoms with van der Waals surface area (Å²) in [5.74, 6) is -1.59. The normalized spacial score (nSPS) is 13.4. The Hall–Kier alpha value is -2.87. The number of ether oxygens (including phenoxy) is 1. The van der Waals surface area contributed by atoms with Crippen LogP contribution in [0, 0.1) is 0 Å². The number of carbonyl (C=O) groups excluding carboxylic acids is 1. The van der Waals surface area contributed by atoms with Crippen LogP contribution in [0.2, 0.25) is 0 Å². The molecule has 0 fully saturated rings. The van der Waals surface area contributed by atoms with E-state index in [4.69, 9.17) is 4.74 Å². The van der Waals surface area contributed by atoms with E-state index in [1.54, 1.807) is 24.3 Å². The Kier molecular flexibility index (Phi) is 6.22. The molecule has 0 aliphatic carbocycles. The largest absolute Gasteiger partial charge is 0.484 e. The Morgan fingerprint density at radius 1 is 1.11 bits per heavy atom. The number of hydrogen-bond donors (Lipinski definition) is 2. The first-order valence-electron chi connectivity index (χ1n) is 8.11. The fraction of sp³-hybridized carbons (Fsp3) is 0.263. The molecule has 2 rings (SSSR count). The van der Waals surface area contributed by atoms with Crippen molar-refractivity contribution >= 4 is 21.7 Å². The van der Waals surface area contributed by atoms with Crippen LogP contribution in [0.5, 0.6) is 5.75 Å². The number of amides is 1. The first-order valence-corrected chi connectivity index (χ1v) is 10.0. The minimum Gasteiger partial charge on any atom is -0.484 e. The van der Waals surface area contributed by atoms with Gasteiger partial charge in [0.15, 0.2) is 16.4 Å². The third kappa shape index (κ3) is 5.82. The maximum absolute atomic E-state index is 12.2.